The summed E-state index contributed by atoms with van der Waals surface area (Å²) in [7, 11) is 0. The van der Waals surface area contributed by atoms with Crippen LogP contribution in [0.15, 0.2) is 30.3 Å². The molecule has 0 aromatic heterocycles. The van der Waals surface area contributed by atoms with Crippen LogP contribution >= 0.6 is 0 Å². The van der Waals surface area contributed by atoms with E-state index in [4.69, 9.17) is 4.74 Å². The predicted octanol–water partition coefficient (Wildman–Crippen LogP) is 2.62. The van der Waals surface area contributed by atoms with Crippen molar-refractivity contribution in [1.82, 2.24) is 10.2 Å². The van der Waals surface area contributed by atoms with Crippen molar-refractivity contribution in [3.05, 3.63) is 35.9 Å². The van der Waals surface area contributed by atoms with Crippen LogP contribution in [0.2, 0.25) is 0 Å². The van der Waals surface area contributed by atoms with Crippen LogP contribution in [0.3, 0.4) is 0 Å². The highest BCUT2D eigenvalue weighted by atomic mass is 16.5. The van der Waals surface area contributed by atoms with E-state index in [9.17, 15) is 0 Å². The zero-order valence-electron chi connectivity index (χ0n) is 13.6. The molecule has 0 bridgehead atoms. The molecule has 3 heteroatoms. The molecule has 2 aliphatic heterocycles. The van der Waals surface area contributed by atoms with E-state index in [1.165, 1.54) is 12.0 Å². The van der Waals surface area contributed by atoms with Gasteiger partial charge in [-0.15, -0.1) is 0 Å². The van der Waals surface area contributed by atoms with Gasteiger partial charge in [-0.1, -0.05) is 30.3 Å². The largest absolute Gasteiger partial charge is 0.381 e. The molecule has 2 heterocycles. The Balaban J connectivity index is 1.77. The molecule has 1 aromatic rings. The van der Waals surface area contributed by atoms with Crippen LogP contribution in [0.4, 0.5) is 0 Å². The minimum absolute atomic E-state index is 0.0379. The van der Waals surface area contributed by atoms with Gasteiger partial charge in [0, 0.05) is 31.8 Å². The van der Waals surface area contributed by atoms with Crippen LogP contribution in [0.25, 0.3) is 0 Å². The third-order valence-corrected chi connectivity index (χ3v) is 5.19. The van der Waals surface area contributed by atoms with E-state index in [1.54, 1.807) is 0 Å². The maximum atomic E-state index is 5.56. The molecule has 0 spiro atoms. The SMILES string of the molecule is CC1(c2ccccc2)CN(CC2CCOC2)C(C)(C)CN1. The van der Waals surface area contributed by atoms with E-state index >= 15 is 0 Å². The van der Waals surface area contributed by atoms with Crippen molar-refractivity contribution in [3.63, 3.8) is 0 Å². The zero-order chi connectivity index (χ0) is 14.9. The number of nitrogens with zero attached hydrogens (tertiary/aromatic N) is 1. The van der Waals surface area contributed by atoms with E-state index in [0.29, 0.717) is 5.92 Å². The molecular weight excluding hydrogens is 260 g/mol. The van der Waals surface area contributed by atoms with Crippen LogP contribution in [0.5, 0.6) is 0 Å². The van der Waals surface area contributed by atoms with Gasteiger partial charge in [-0.2, -0.15) is 0 Å². The molecule has 0 aliphatic carbocycles. The van der Waals surface area contributed by atoms with E-state index in [-0.39, 0.29) is 11.1 Å². The summed E-state index contributed by atoms with van der Waals surface area (Å²) < 4.78 is 5.56. The van der Waals surface area contributed by atoms with E-state index in [1.807, 2.05) is 0 Å². The maximum absolute atomic E-state index is 5.56. The third kappa shape index (κ3) is 3.15. The first kappa shape index (κ1) is 15.0. The summed E-state index contributed by atoms with van der Waals surface area (Å²) in [5.41, 5.74) is 1.63. The van der Waals surface area contributed by atoms with Crippen molar-refractivity contribution in [1.29, 1.82) is 0 Å². The fourth-order valence-electron chi connectivity index (χ4n) is 3.52. The minimum atomic E-state index is 0.0379. The smallest absolute Gasteiger partial charge is 0.0535 e. The van der Waals surface area contributed by atoms with Gasteiger partial charge in [0.15, 0.2) is 0 Å². The molecule has 3 rings (SSSR count). The maximum Gasteiger partial charge on any atom is 0.0535 e. The molecule has 2 atom stereocenters. The molecule has 0 saturated carbocycles. The van der Waals surface area contributed by atoms with E-state index < -0.39 is 0 Å². The van der Waals surface area contributed by atoms with Crippen LogP contribution in [-0.4, -0.2) is 43.3 Å². The molecule has 2 aliphatic rings. The minimum Gasteiger partial charge on any atom is -0.381 e. The Hall–Kier alpha value is -0.900. The number of rotatable bonds is 3. The Labute approximate surface area is 128 Å². The first-order valence-corrected chi connectivity index (χ1v) is 8.13. The molecule has 0 amide bonds. The molecule has 21 heavy (non-hydrogen) atoms. The fraction of sp³-hybridized carbons (Fsp3) is 0.667. The summed E-state index contributed by atoms with van der Waals surface area (Å²) in [6.07, 6.45) is 1.21. The lowest BCUT2D eigenvalue weighted by Gasteiger charge is -2.51. The molecular formula is C18H28N2O. The first-order valence-electron chi connectivity index (χ1n) is 8.13. The van der Waals surface area contributed by atoms with Crippen molar-refractivity contribution < 1.29 is 4.74 Å². The second kappa shape index (κ2) is 5.71. The molecule has 3 nitrogen and oxygen atoms in total. The summed E-state index contributed by atoms with van der Waals surface area (Å²) in [6, 6.07) is 10.8. The van der Waals surface area contributed by atoms with Crippen molar-refractivity contribution >= 4 is 0 Å². The molecule has 1 aromatic carbocycles. The van der Waals surface area contributed by atoms with Crippen LogP contribution < -0.4 is 5.32 Å². The predicted molar refractivity (Wildman–Crippen MR) is 86.4 cm³/mol. The van der Waals surface area contributed by atoms with Crippen molar-refractivity contribution in [3.8, 4) is 0 Å². The van der Waals surface area contributed by atoms with Gasteiger partial charge < -0.3 is 10.1 Å². The van der Waals surface area contributed by atoms with Crippen LogP contribution in [0, 0.1) is 5.92 Å². The topological polar surface area (TPSA) is 24.5 Å². The second-order valence-corrected chi connectivity index (χ2v) is 7.47. The van der Waals surface area contributed by atoms with Crippen LogP contribution in [-0.2, 0) is 10.3 Å². The summed E-state index contributed by atoms with van der Waals surface area (Å²) in [5, 5.41) is 3.78. The quantitative estimate of drug-likeness (QED) is 0.925. The van der Waals surface area contributed by atoms with Gasteiger partial charge in [0.05, 0.1) is 12.1 Å². The average molecular weight is 288 g/mol. The van der Waals surface area contributed by atoms with Gasteiger partial charge >= 0.3 is 0 Å². The standard InChI is InChI=1S/C18H28N2O/c1-17(2)13-19-18(3,16-7-5-4-6-8-16)14-20(17)11-15-9-10-21-12-15/h4-8,15,19H,9-14H2,1-3H3. The Bertz CT molecular complexity index is 467. The third-order valence-electron chi connectivity index (χ3n) is 5.19. The van der Waals surface area contributed by atoms with Crippen molar-refractivity contribution in [2.45, 2.75) is 38.3 Å². The summed E-state index contributed by atoms with van der Waals surface area (Å²) in [5.74, 6) is 0.697. The van der Waals surface area contributed by atoms with Gasteiger partial charge in [-0.3, -0.25) is 4.90 Å². The lowest BCUT2D eigenvalue weighted by Crippen LogP contribution is -2.66. The Morgan fingerprint density at radius 2 is 2.00 bits per heavy atom. The van der Waals surface area contributed by atoms with E-state index in [2.05, 4.69) is 61.3 Å². The van der Waals surface area contributed by atoms with Gasteiger partial charge in [0.25, 0.3) is 0 Å². The molecule has 116 valence electrons. The molecule has 2 unspecified atom stereocenters. The zero-order valence-corrected chi connectivity index (χ0v) is 13.6. The van der Waals surface area contributed by atoms with Crippen LogP contribution in [0.1, 0.15) is 32.8 Å². The van der Waals surface area contributed by atoms with Gasteiger partial charge in [0.2, 0.25) is 0 Å². The highest BCUT2D eigenvalue weighted by Gasteiger charge is 2.41. The normalized spacial score (nSPS) is 33.2. The lowest BCUT2D eigenvalue weighted by molar-refractivity contribution is 0.0174. The Morgan fingerprint density at radius 3 is 2.67 bits per heavy atom. The van der Waals surface area contributed by atoms with Crippen molar-refractivity contribution in [2.75, 3.05) is 32.8 Å². The fourth-order valence-corrected chi connectivity index (χ4v) is 3.52. The number of piperazine rings is 1. The molecule has 2 fully saturated rings. The number of benzene rings is 1. The number of hydrogen-bond acceptors (Lipinski definition) is 3. The number of ether oxygens (including phenoxy) is 1. The second-order valence-electron chi connectivity index (χ2n) is 7.47. The summed E-state index contributed by atoms with van der Waals surface area (Å²) in [4.78, 5) is 2.66. The first-order chi connectivity index (χ1) is 10.00. The summed E-state index contributed by atoms with van der Waals surface area (Å²) >= 11 is 0. The average Bonchev–Trinajstić information content (AvgIpc) is 2.98. The monoisotopic (exact) mass is 288 g/mol. The van der Waals surface area contributed by atoms with Gasteiger partial charge in [-0.05, 0) is 38.7 Å². The highest BCUT2D eigenvalue weighted by Crippen LogP contribution is 2.32. The number of hydrogen-bond donors (Lipinski definition) is 1. The summed E-state index contributed by atoms with van der Waals surface area (Å²) in [6.45, 7) is 12.1. The van der Waals surface area contributed by atoms with Gasteiger partial charge in [-0.25, -0.2) is 0 Å². The van der Waals surface area contributed by atoms with Gasteiger partial charge in [0.1, 0.15) is 0 Å². The van der Waals surface area contributed by atoms with Crippen molar-refractivity contribution in [2.24, 2.45) is 5.92 Å². The Kier molecular flexibility index (Phi) is 4.08. The molecule has 2 saturated heterocycles. The lowest BCUT2D eigenvalue weighted by atomic mass is 9.84. The highest BCUT2D eigenvalue weighted by molar-refractivity contribution is 5.25. The molecule has 0 radical (unpaired) electrons. The Morgan fingerprint density at radius 1 is 1.24 bits per heavy atom. The molecule has 1 N–H and O–H groups in total. The van der Waals surface area contributed by atoms with E-state index in [0.717, 1.165) is 32.8 Å². The number of nitrogens with one attached hydrogen (secondary N) is 1.